The van der Waals surface area contributed by atoms with Crippen molar-refractivity contribution in [3.05, 3.63) is 71.9 Å². The molecule has 0 aliphatic carbocycles. The van der Waals surface area contributed by atoms with Gasteiger partial charge in [-0.2, -0.15) is 5.10 Å². The number of anilines is 1. The van der Waals surface area contributed by atoms with E-state index in [9.17, 15) is 4.79 Å². The van der Waals surface area contributed by atoms with E-state index in [0.29, 0.717) is 16.6 Å². The Morgan fingerprint density at radius 1 is 1.08 bits per heavy atom. The quantitative estimate of drug-likeness (QED) is 0.741. The lowest BCUT2D eigenvalue weighted by Gasteiger charge is -2.24. The number of nitrogens with one attached hydrogen (secondary N) is 1. The number of amides is 1. The highest BCUT2D eigenvalue weighted by atomic mass is 35.5. The van der Waals surface area contributed by atoms with Crippen LogP contribution >= 0.6 is 11.6 Å². The summed E-state index contributed by atoms with van der Waals surface area (Å²) >= 11 is 5.86. The van der Waals surface area contributed by atoms with Crippen molar-refractivity contribution in [2.24, 2.45) is 0 Å². The summed E-state index contributed by atoms with van der Waals surface area (Å²) in [5.41, 5.74) is -0.149. The Morgan fingerprint density at radius 3 is 2.44 bits per heavy atom. The molecule has 0 aliphatic rings. The Hall–Kier alpha value is -2.79. The summed E-state index contributed by atoms with van der Waals surface area (Å²) < 4.78 is 7.47. The molecule has 1 aromatic heterocycles. The van der Waals surface area contributed by atoms with Crippen LogP contribution in [-0.2, 0) is 4.79 Å². The van der Waals surface area contributed by atoms with E-state index in [-0.39, 0.29) is 5.91 Å². The van der Waals surface area contributed by atoms with Crippen LogP contribution in [0.2, 0.25) is 5.02 Å². The van der Waals surface area contributed by atoms with Crippen molar-refractivity contribution in [3.8, 4) is 11.4 Å². The lowest BCUT2D eigenvalue weighted by molar-refractivity contribution is -0.128. The fourth-order valence-corrected chi connectivity index (χ4v) is 2.35. The van der Waals surface area contributed by atoms with Gasteiger partial charge < -0.3 is 10.1 Å². The molecular formula is C19H18ClN3O2. The normalized spacial score (nSPS) is 11.2. The first-order valence-electron chi connectivity index (χ1n) is 7.81. The van der Waals surface area contributed by atoms with Crippen molar-refractivity contribution in [2.75, 3.05) is 5.32 Å². The standard InChI is InChI=1S/C19H18ClN3O2/c1-19(2,25-16-10-8-14(20)9-11-16)18(24)21-17-12-13-23(22-17)15-6-4-3-5-7-15/h3-13H,1-2H3,(H,21,22,24). The van der Waals surface area contributed by atoms with Crippen molar-refractivity contribution >= 4 is 23.3 Å². The number of benzene rings is 2. The molecule has 0 saturated carbocycles. The summed E-state index contributed by atoms with van der Waals surface area (Å²) in [5, 5.41) is 7.76. The van der Waals surface area contributed by atoms with Gasteiger partial charge in [0.25, 0.3) is 5.91 Å². The predicted molar refractivity (Wildman–Crippen MR) is 98.4 cm³/mol. The number of hydrogen-bond acceptors (Lipinski definition) is 3. The number of rotatable bonds is 5. The van der Waals surface area contributed by atoms with E-state index in [1.54, 1.807) is 55.1 Å². The highest BCUT2D eigenvalue weighted by molar-refractivity contribution is 6.30. The van der Waals surface area contributed by atoms with Crippen LogP contribution in [0.4, 0.5) is 5.82 Å². The van der Waals surface area contributed by atoms with Crippen LogP contribution in [0, 0.1) is 0 Å². The van der Waals surface area contributed by atoms with E-state index >= 15 is 0 Å². The van der Waals surface area contributed by atoms with Gasteiger partial charge in [-0.05, 0) is 50.2 Å². The van der Waals surface area contributed by atoms with Gasteiger partial charge in [0.2, 0.25) is 0 Å². The second kappa shape index (κ2) is 6.99. The van der Waals surface area contributed by atoms with Gasteiger partial charge in [0.15, 0.2) is 11.4 Å². The highest BCUT2D eigenvalue weighted by Crippen LogP contribution is 2.22. The molecule has 0 unspecified atom stereocenters. The lowest BCUT2D eigenvalue weighted by atomic mass is 10.1. The Bertz CT molecular complexity index is 858. The zero-order chi connectivity index (χ0) is 17.9. The average molecular weight is 356 g/mol. The molecule has 5 nitrogen and oxygen atoms in total. The molecular weight excluding hydrogens is 338 g/mol. The smallest absolute Gasteiger partial charge is 0.269 e. The van der Waals surface area contributed by atoms with Crippen LogP contribution < -0.4 is 10.1 Å². The summed E-state index contributed by atoms with van der Waals surface area (Å²) in [6.07, 6.45) is 1.79. The number of para-hydroxylation sites is 1. The summed E-state index contributed by atoms with van der Waals surface area (Å²) in [4.78, 5) is 12.5. The van der Waals surface area contributed by atoms with Gasteiger partial charge in [-0.3, -0.25) is 4.79 Å². The van der Waals surface area contributed by atoms with Crippen LogP contribution in [0.25, 0.3) is 5.69 Å². The Balaban J connectivity index is 1.68. The first kappa shape index (κ1) is 17.0. The molecule has 1 amide bonds. The van der Waals surface area contributed by atoms with Gasteiger partial charge in [0, 0.05) is 17.3 Å². The minimum Gasteiger partial charge on any atom is -0.478 e. The van der Waals surface area contributed by atoms with E-state index in [1.807, 2.05) is 30.3 Å². The predicted octanol–water partition coefficient (Wildman–Crippen LogP) is 4.32. The van der Waals surface area contributed by atoms with Crippen molar-refractivity contribution in [3.63, 3.8) is 0 Å². The summed E-state index contributed by atoms with van der Waals surface area (Å²) in [6.45, 7) is 3.40. The number of aromatic nitrogens is 2. The van der Waals surface area contributed by atoms with Crippen molar-refractivity contribution in [1.29, 1.82) is 0 Å². The number of halogens is 1. The van der Waals surface area contributed by atoms with E-state index < -0.39 is 5.60 Å². The molecule has 25 heavy (non-hydrogen) atoms. The first-order chi connectivity index (χ1) is 11.9. The fraction of sp³-hybridized carbons (Fsp3) is 0.158. The second-order valence-electron chi connectivity index (χ2n) is 6.00. The SMILES string of the molecule is CC(C)(Oc1ccc(Cl)cc1)C(=O)Nc1ccn(-c2ccccc2)n1. The molecule has 128 valence electrons. The number of carbonyl (C=O) groups excluding carboxylic acids is 1. The van der Waals surface area contributed by atoms with Gasteiger partial charge in [-0.15, -0.1) is 0 Å². The van der Waals surface area contributed by atoms with Gasteiger partial charge in [0.1, 0.15) is 5.75 Å². The van der Waals surface area contributed by atoms with Crippen LogP contribution in [0.5, 0.6) is 5.75 Å². The van der Waals surface area contributed by atoms with Gasteiger partial charge in [0.05, 0.1) is 5.69 Å². The van der Waals surface area contributed by atoms with Gasteiger partial charge in [-0.25, -0.2) is 4.68 Å². The molecule has 1 N–H and O–H groups in total. The van der Waals surface area contributed by atoms with Gasteiger partial charge in [-0.1, -0.05) is 29.8 Å². The largest absolute Gasteiger partial charge is 0.478 e. The Labute approximate surface area is 151 Å². The molecule has 0 aliphatic heterocycles. The van der Waals surface area contributed by atoms with E-state index in [4.69, 9.17) is 16.3 Å². The summed E-state index contributed by atoms with van der Waals surface area (Å²) in [7, 11) is 0. The van der Waals surface area contributed by atoms with Crippen LogP contribution in [0.3, 0.4) is 0 Å². The minimum atomic E-state index is -1.07. The monoisotopic (exact) mass is 355 g/mol. The van der Waals surface area contributed by atoms with Crippen molar-refractivity contribution < 1.29 is 9.53 Å². The first-order valence-corrected chi connectivity index (χ1v) is 8.19. The maximum atomic E-state index is 12.5. The molecule has 0 saturated heterocycles. The fourth-order valence-electron chi connectivity index (χ4n) is 2.23. The zero-order valence-electron chi connectivity index (χ0n) is 13.9. The van der Waals surface area contributed by atoms with Crippen LogP contribution in [0.1, 0.15) is 13.8 Å². The summed E-state index contributed by atoms with van der Waals surface area (Å²) in [6, 6.07) is 18.3. The Morgan fingerprint density at radius 2 is 1.76 bits per heavy atom. The highest BCUT2D eigenvalue weighted by Gasteiger charge is 2.30. The lowest BCUT2D eigenvalue weighted by Crippen LogP contribution is -2.42. The topological polar surface area (TPSA) is 56.1 Å². The van der Waals surface area contributed by atoms with E-state index in [1.165, 1.54) is 0 Å². The molecule has 3 rings (SSSR count). The molecule has 0 bridgehead atoms. The molecule has 0 fully saturated rings. The summed E-state index contributed by atoms with van der Waals surface area (Å²) in [5.74, 6) is 0.738. The molecule has 2 aromatic carbocycles. The zero-order valence-corrected chi connectivity index (χ0v) is 14.7. The molecule has 3 aromatic rings. The molecule has 0 radical (unpaired) electrons. The third-order valence-corrected chi connectivity index (χ3v) is 3.84. The number of nitrogens with zero attached hydrogens (tertiary/aromatic N) is 2. The average Bonchev–Trinajstić information content (AvgIpc) is 3.06. The third-order valence-electron chi connectivity index (χ3n) is 3.58. The molecule has 1 heterocycles. The number of hydrogen-bond donors (Lipinski definition) is 1. The van der Waals surface area contributed by atoms with Crippen molar-refractivity contribution in [1.82, 2.24) is 9.78 Å². The van der Waals surface area contributed by atoms with Crippen LogP contribution in [-0.4, -0.2) is 21.3 Å². The van der Waals surface area contributed by atoms with Crippen molar-refractivity contribution in [2.45, 2.75) is 19.4 Å². The maximum absolute atomic E-state index is 12.5. The van der Waals surface area contributed by atoms with E-state index in [2.05, 4.69) is 10.4 Å². The molecule has 0 spiro atoms. The number of ether oxygens (including phenoxy) is 1. The Kier molecular flexibility index (Phi) is 4.76. The minimum absolute atomic E-state index is 0.291. The van der Waals surface area contributed by atoms with Crippen LogP contribution in [0.15, 0.2) is 66.9 Å². The van der Waals surface area contributed by atoms with E-state index in [0.717, 1.165) is 5.69 Å². The third kappa shape index (κ3) is 4.19. The molecule has 6 heteroatoms. The maximum Gasteiger partial charge on any atom is 0.269 e. The second-order valence-corrected chi connectivity index (χ2v) is 6.44. The molecule has 0 atom stereocenters. The van der Waals surface area contributed by atoms with Gasteiger partial charge >= 0.3 is 0 Å². The number of carbonyl (C=O) groups is 1.